The van der Waals surface area contributed by atoms with Gasteiger partial charge in [0.15, 0.2) is 0 Å². The normalized spacial score (nSPS) is 26.7. The summed E-state index contributed by atoms with van der Waals surface area (Å²) in [5.74, 6) is 1.04. The molecule has 1 aliphatic rings. The van der Waals surface area contributed by atoms with Crippen LogP contribution < -0.4 is 5.32 Å². The lowest BCUT2D eigenvalue weighted by molar-refractivity contribution is 0.117. The first-order chi connectivity index (χ1) is 7.34. The van der Waals surface area contributed by atoms with E-state index in [0.717, 1.165) is 44.4 Å². The Hall–Kier alpha value is -0.800. The molecule has 1 aromatic heterocycles. The minimum absolute atomic E-state index is 0.0619. The molecule has 3 nitrogen and oxygen atoms in total. The van der Waals surface area contributed by atoms with Crippen molar-refractivity contribution in [1.82, 2.24) is 5.32 Å². The van der Waals surface area contributed by atoms with Gasteiger partial charge in [-0.3, -0.25) is 0 Å². The predicted molar refractivity (Wildman–Crippen MR) is 58.7 cm³/mol. The molecule has 0 saturated heterocycles. The summed E-state index contributed by atoms with van der Waals surface area (Å²) >= 11 is 0. The third-order valence-electron chi connectivity index (χ3n) is 3.08. The molecule has 0 aliphatic heterocycles. The summed E-state index contributed by atoms with van der Waals surface area (Å²) in [5, 5.41) is 12.9. The molecule has 0 atom stereocenters. The molecule has 84 valence electrons. The molecule has 0 aromatic carbocycles. The molecule has 1 saturated carbocycles. The number of rotatable bonds is 4. The van der Waals surface area contributed by atoms with Crippen LogP contribution >= 0.6 is 0 Å². The largest absolute Gasteiger partial charge is 0.469 e. The lowest BCUT2D eigenvalue weighted by Gasteiger charge is -2.26. The van der Waals surface area contributed by atoms with Gasteiger partial charge in [0.1, 0.15) is 5.76 Å². The van der Waals surface area contributed by atoms with E-state index in [2.05, 4.69) is 5.32 Å². The van der Waals surface area contributed by atoms with Gasteiger partial charge in [0.2, 0.25) is 0 Å². The molecular formula is C12H19NO2. The van der Waals surface area contributed by atoms with Crippen molar-refractivity contribution >= 4 is 0 Å². The maximum absolute atomic E-state index is 9.36. The molecule has 0 amide bonds. The van der Waals surface area contributed by atoms with Crippen LogP contribution in [0.5, 0.6) is 0 Å². The minimum atomic E-state index is -0.0619. The van der Waals surface area contributed by atoms with Crippen LogP contribution in [0, 0.1) is 0 Å². The summed E-state index contributed by atoms with van der Waals surface area (Å²) < 4.78 is 5.26. The fourth-order valence-electron chi connectivity index (χ4n) is 2.13. The first-order valence-electron chi connectivity index (χ1n) is 5.78. The van der Waals surface area contributed by atoms with E-state index in [0.29, 0.717) is 6.04 Å². The maximum atomic E-state index is 9.36. The highest BCUT2D eigenvalue weighted by molar-refractivity contribution is 4.98. The van der Waals surface area contributed by atoms with Gasteiger partial charge in [0, 0.05) is 19.0 Å². The second-order valence-electron chi connectivity index (χ2n) is 4.29. The second-order valence-corrected chi connectivity index (χ2v) is 4.29. The van der Waals surface area contributed by atoms with Crippen molar-refractivity contribution in [1.29, 1.82) is 0 Å². The average Bonchev–Trinajstić information content (AvgIpc) is 2.74. The van der Waals surface area contributed by atoms with Crippen molar-refractivity contribution in [2.45, 2.75) is 44.2 Å². The van der Waals surface area contributed by atoms with Crippen molar-refractivity contribution in [3.8, 4) is 0 Å². The summed E-state index contributed by atoms with van der Waals surface area (Å²) in [5.41, 5.74) is 0. The number of nitrogens with one attached hydrogen (secondary N) is 1. The molecule has 0 unspecified atom stereocenters. The summed E-state index contributed by atoms with van der Waals surface area (Å²) in [6.07, 6.45) is 6.68. The van der Waals surface area contributed by atoms with E-state index in [4.69, 9.17) is 4.42 Å². The summed E-state index contributed by atoms with van der Waals surface area (Å²) in [4.78, 5) is 0. The molecule has 1 aromatic rings. The summed E-state index contributed by atoms with van der Waals surface area (Å²) in [7, 11) is 0. The van der Waals surface area contributed by atoms with Crippen molar-refractivity contribution in [2.24, 2.45) is 0 Å². The molecule has 2 rings (SSSR count). The SMILES string of the molecule is OC1CCC(NCCc2ccco2)CC1. The zero-order valence-corrected chi connectivity index (χ0v) is 8.98. The first kappa shape index (κ1) is 10.7. The van der Waals surface area contributed by atoms with Crippen LogP contribution in [0.15, 0.2) is 22.8 Å². The van der Waals surface area contributed by atoms with E-state index < -0.39 is 0 Å². The van der Waals surface area contributed by atoms with Crippen molar-refractivity contribution < 1.29 is 9.52 Å². The maximum Gasteiger partial charge on any atom is 0.105 e. The zero-order valence-electron chi connectivity index (χ0n) is 8.98. The molecule has 0 bridgehead atoms. The quantitative estimate of drug-likeness (QED) is 0.793. The number of hydrogen-bond acceptors (Lipinski definition) is 3. The molecular weight excluding hydrogens is 190 g/mol. The molecule has 0 spiro atoms. The Labute approximate surface area is 90.5 Å². The molecule has 3 heteroatoms. The van der Waals surface area contributed by atoms with Crippen molar-refractivity contribution in [3.05, 3.63) is 24.2 Å². The Morgan fingerprint density at radius 3 is 2.80 bits per heavy atom. The van der Waals surface area contributed by atoms with Gasteiger partial charge in [0.05, 0.1) is 12.4 Å². The van der Waals surface area contributed by atoms with E-state index in [1.54, 1.807) is 6.26 Å². The zero-order chi connectivity index (χ0) is 10.5. The Morgan fingerprint density at radius 1 is 1.33 bits per heavy atom. The average molecular weight is 209 g/mol. The highest BCUT2D eigenvalue weighted by atomic mass is 16.3. The summed E-state index contributed by atoms with van der Waals surface area (Å²) in [6.45, 7) is 0.967. The number of hydrogen-bond donors (Lipinski definition) is 2. The Bertz CT molecular complexity index is 263. The second kappa shape index (κ2) is 5.33. The molecule has 2 N–H and O–H groups in total. The monoisotopic (exact) mass is 209 g/mol. The predicted octanol–water partition coefficient (Wildman–Crippen LogP) is 1.72. The van der Waals surface area contributed by atoms with Crippen LogP contribution in [0.4, 0.5) is 0 Å². The fraction of sp³-hybridized carbons (Fsp3) is 0.667. The van der Waals surface area contributed by atoms with Gasteiger partial charge >= 0.3 is 0 Å². The van der Waals surface area contributed by atoms with Gasteiger partial charge < -0.3 is 14.8 Å². The van der Waals surface area contributed by atoms with Crippen LogP contribution in [-0.2, 0) is 6.42 Å². The standard InChI is InChI=1S/C12H19NO2/c14-11-5-3-10(4-6-11)13-8-7-12-2-1-9-15-12/h1-2,9-11,13-14H,3-8H2. The number of aliphatic hydroxyl groups excluding tert-OH is 1. The van der Waals surface area contributed by atoms with Crippen LogP contribution in [0.3, 0.4) is 0 Å². The number of aliphatic hydroxyl groups is 1. The van der Waals surface area contributed by atoms with Gasteiger partial charge in [-0.1, -0.05) is 0 Å². The lowest BCUT2D eigenvalue weighted by atomic mass is 9.93. The molecule has 0 radical (unpaired) electrons. The van der Waals surface area contributed by atoms with Crippen molar-refractivity contribution in [2.75, 3.05) is 6.54 Å². The van der Waals surface area contributed by atoms with E-state index in [1.165, 1.54) is 0 Å². The van der Waals surface area contributed by atoms with Crippen LogP contribution in [0.2, 0.25) is 0 Å². The molecule has 1 heterocycles. The van der Waals surface area contributed by atoms with E-state index in [9.17, 15) is 5.11 Å². The van der Waals surface area contributed by atoms with Gasteiger partial charge in [-0.2, -0.15) is 0 Å². The third kappa shape index (κ3) is 3.36. The molecule has 15 heavy (non-hydrogen) atoms. The van der Waals surface area contributed by atoms with Crippen LogP contribution in [0.1, 0.15) is 31.4 Å². The van der Waals surface area contributed by atoms with Crippen molar-refractivity contribution in [3.63, 3.8) is 0 Å². The van der Waals surface area contributed by atoms with Crippen LogP contribution in [-0.4, -0.2) is 23.8 Å². The highest BCUT2D eigenvalue weighted by Gasteiger charge is 2.18. The Balaban J connectivity index is 1.62. The first-order valence-corrected chi connectivity index (χ1v) is 5.78. The van der Waals surface area contributed by atoms with E-state index in [-0.39, 0.29) is 6.10 Å². The minimum Gasteiger partial charge on any atom is -0.469 e. The van der Waals surface area contributed by atoms with Gasteiger partial charge in [-0.05, 0) is 37.8 Å². The van der Waals surface area contributed by atoms with E-state index in [1.807, 2.05) is 12.1 Å². The topological polar surface area (TPSA) is 45.4 Å². The van der Waals surface area contributed by atoms with Crippen LogP contribution in [0.25, 0.3) is 0 Å². The Morgan fingerprint density at radius 2 is 2.13 bits per heavy atom. The lowest BCUT2D eigenvalue weighted by Crippen LogP contribution is -2.35. The number of furan rings is 1. The Kier molecular flexibility index (Phi) is 3.80. The van der Waals surface area contributed by atoms with Gasteiger partial charge in [-0.25, -0.2) is 0 Å². The molecule has 1 fully saturated rings. The molecule has 1 aliphatic carbocycles. The van der Waals surface area contributed by atoms with Gasteiger partial charge in [0.25, 0.3) is 0 Å². The third-order valence-corrected chi connectivity index (χ3v) is 3.08. The van der Waals surface area contributed by atoms with E-state index >= 15 is 0 Å². The smallest absolute Gasteiger partial charge is 0.105 e. The highest BCUT2D eigenvalue weighted by Crippen LogP contribution is 2.18. The van der Waals surface area contributed by atoms with Gasteiger partial charge in [-0.15, -0.1) is 0 Å². The summed E-state index contributed by atoms with van der Waals surface area (Å²) in [6, 6.07) is 4.52. The fourth-order valence-corrected chi connectivity index (χ4v) is 2.13.